The summed E-state index contributed by atoms with van der Waals surface area (Å²) in [5.74, 6) is 0.771. The number of hydrogen-bond acceptors (Lipinski definition) is 4. The lowest BCUT2D eigenvalue weighted by Crippen LogP contribution is -2.24. The fourth-order valence-electron chi connectivity index (χ4n) is 2.03. The van der Waals surface area contributed by atoms with E-state index in [0.717, 1.165) is 30.4 Å². The Bertz CT molecular complexity index is 330. The average molecular weight is 206 g/mol. The Hall–Kier alpha value is -1.16. The van der Waals surface area contributed by atoms with Crippen molar-refractivity contribution in [1.82, 2.24) is 14.9 Å². The maximum Gasteiger partial charge on any atom is 0.223 e. The van der Waals surface area contributed by atoms with Crippen LogP contribution in [-0.2, 0) is 0 Å². The normalized spacial score (nSPS) is 21.9. The molecule has 1 saturated heterocycles. The van der Waals surface area contributed by atoms with E-state index >= 15 is 0 Å². The van der Waals surface area contributed by atoms with Gasteiger partial charge in [0.1, 0.15) is 0 Å². The monoisotopic (exact) mass is 206 g/mol. The molecule has 15 heavy (non-hydrogen) atoms. The minimum absolute atomic E-state index is 0.496. The summed E-state index contributed by atoms with van der Waals surface area (Å²) < 4.78 is 0. The van der Waals surface area contributed by atoms with E-state index in [1.165, 1.54) is 6.42 Å². The van der Waals surface area contributed by atoms with Gasteiger partial charge in [-0.1, -0.05) is 0 Å². The van der Waals surface area contributed by atoms with E-state index in [-0.39, 0.29) is 0 Å². The van der Waals surface area contributed by atoms with E-state index in [4.69, 9.17) is 0 Å². The first kappa shape index (κ1) is 10.4. The van der Waals surface area contributed by atoms with Crippen LogP contribution in [0.1, 0.15) is 17.8 Å². The summed E-state index contributed by atoms with van der Waals surface area (Å²) in [5, 5.41) is 3.39. The van der Waals surface area contributed by atoms with Gasteiger partial charge in [0.2, 0.25) is 5.95 Å². The molecule has 2 heterocycles. The molecule has 4 heteroatoms. The minimum Gasteiger partial charge on any atom is -0.350 e. The van der Waals surface area contributed by atoms with Gasteiger partial charge >= 0.3 is 0 Å². The van der Waals surface area contributed by atoms with Crippen molar-refractivity contribution in [2.75, 3.05) is 25.5 Å². The maximum absolute atomic E-state index is 4.38. The summed E-state index contributed by atoms with van der Waals surface area (Å²) in [6.07, 6.45) is 1.17. The first-order valence-electron chi connectivity index (χ1n) is 5.41. The number of aromatic nitrogens is 2. The summed E-state index contributed by atoms with van der Waals surface area (Å²) >= 11 is 0. The summed E-state index contributed by atoms with van der Waals surface area (Å²) in [7, 11) is 2.14. The number of nitrogens with one attached hydrogen (secondary N) is 1. The van der Waals surface area contributed by atoms with Crippen molar-refractivity contribution in [3.05, 3.63) is 17.5 Å². The molecule has 0 bridgehead atoms. The first-order valence-corrected chi connectivity index (χ1v) is 5.41. The van der Waals surface area contributed by atoms with E-state index in [1.807, 2.05) is 19.9 Å². The minimum atomic E-state index is 0.496. The predicted octanol–water partition coefficient (Wildman–Crippen LogP) is 1.21. The van der Waals surface area contributed by atoms with Crippen molar-refractivity contribution >= 4 is 5.95 Å². The molecule has 1 fully saturated rings. The largest absolute Gasteiger partial charge is 0.350 e. The summed E-state index contributed by atoms with van der Waals surface area (Å²) in [4.78, 5) is 11.1. The van der Waals surface area contributed by atoms with E-state index in [0.29, 0.717) is 6.04 Å². The molecule has 4 nitrogen and oxygen atoms in total. The quantitative estimate of drug-likeness (QED) is 0.789. The topological polar surface area (TPSA) is 41.1 Å². The third kappa shape index (κ3) is 2.65. The van der Waals surface area contributed by atoms with Gasteiger partial charge in [-0.2, -0.15) is 0 Å². The smallest absolute Gasteiger partial charge is 0.223 e. The van der Waals surface area contributed by atoms with Crippen LogP contribution in [0.15, 0.2) is 6.07 Å². The maximum atomic E-state index is 4.38. The Kier molecular flexibility index (Phi) is 2.86. The number of likely N-dealkylation sites (N-methyl/N-ethyl adjacent to an activating group) is 1. The van der Waals surface area contributed by atoms with E-state index in [2.05, 4.69) is 27.2 Å². The molecule has 0 saturated carbocycles. The predicted molar refractivity (Wildman–Crippen MR) is 61.0 cm³/mol. The van der Waals surface area contributed by atoms with Crippen LogP contribution in [0.4, 0.5) is 5.95 Å². The van der Waals surface area contributed by atoms with E-state index in [9.17, 15) is 0 Å². The summed E-state index contributed by atoms with van der Waals surface area (Å²) in [5.41, 5.74) is 2.05. The second kappa shape index (κ2) is 4.14. The van der Waals surface area contributed by atoms with Crippen LogP contribution in [0.3, 0.4) is 0 Å². The van der Waals surface area contributed by atoms with E-state index < -0.39 is 0 Å². The first-order chi connectivity index (χ1) is 7.13. The molecule has 0 aliphatic carbocycles. The van der Waals surface area contributed by atoms with Gasteiger partial charge in [0.15, 0.2) is 0 Å². The van der Waals surface area contributed by atoms with Crippen molar-refractivity contribution in [2.24, 2.45) is 0 Å². The molecule has 82 valence electrons. The van der Waals surface area contributed by atoms with Crippen molar-refractivity contribution in [3.63, 3.8) is 0 Å². The summed E-state index contributed by atoms with van der Waals surface area (Å²) in [6, 6.07) is 2.49. The molecular formula is C11H18N4. The SMILES string of the molecule is Cc1cc(C)nc(NC2CCN(C)C2)n1. The Balaban J connectivity index is 2.04. The number of nitrogens with zero attached hydrogens (tertiary/aromatic N) is 3. The molecule has 1 aliphatic heterocycles. The van der Waals surface area contributed by atoms with Crippen molar-refractivity contribution in [3.8, 4) is 0 Å². The molecular weight excluding hydrogens is 188 g/mol. The second-order valence-corrected chi connectivity index (χ2v) is 4.37. The fourth-order valence-corrected chi connectivity index (χ4v) is 2.03. The Morgan fingerprint density at radius 2 is 2.00 bits per heavy atom. The molecule has 1 unspecified atom stereocenters. The molecule has 0 aromatic carbocycles. The zero-order valence-electron chi connectivity index (χ0n) is 9.62. The number of hydrogen-bond donors (Lipinski definition) is 1. The number of aryl methyl sites for hydroxylation is 2. The standard InChI is InChI=1S/C11H18N4/c1-8-6-9(2)13-11(12-8)14-10-4-5-15(3)7-10/h6,10H,4-5,7H2,1-3H3,(H,12,13,14). The molecule has 0 amide bonds. The van der Waals surface area contributed by atoms with Crippen molar-refractivity contribution < 1.29 is 0 Å². The van der Waals surface area contributed by atoms with E-state index in [1.54, 1.807) is 0 Å². The van der Waals surface area contributed by atoms with Crippen LogP contribution in [0.2, 0.25) is 0 Å². The molecule has 1 aliphatic rings. The van der Waals surface area contributed by atoms with Gasteiger partial charge in [0.25, 0.3) is 0 Å². The van der Waals surface area contributed by atoms with Crippen LogP contribution in [0, 0.1) is 13.8 Å². The van der Waals surface area contributed by atoms with Gasteiger partial charge in [-0.25, -0.2) is 9.97 Å². The van der Waals surface area contributed by atoms with Gasteiger partial charge < -0.3 is 10.2 Å². The van der Waals surface area contributed by atoms with Gasteiger partial charge in [0.05, 0.1) is 0 Å². The highest BCUT2D eigenvalue weighted by molar-refractivity contribution is 5.29. The second-order valence-electron chi connectivity index (χ2n) is 4.37. The van der Waals surface area contributed by atoms with Crippen LogP contribution in [0.5, 0.6) is 0 Å². The highest BCUT2D eigenvalue weighted by Gasteiger charge is 2.19. The highest BCUT2D eigenvalue weighted by Crippen LogP contribution is 2.12. The molecule has 1 aromatic rings. The van der Waals surface area contributed by atoms with Crippen molar-refractivity contribution in [1.29, 1.82) is 0 Å². The van der Waals surface area contributed by atoms with Crippen LogP contribution in [0.25, 0.3) is 0 Å². The number of likely N-dealkylation sites (tertiary alicyclic amines) is 1. The van der Waals surface area contributed by atoms with Crippen LogP contribution in [-0.4, -0.2) is 41.0 Å². The average Bonchev–Trinajstić information content (AvgIpc) is 2.49. The molecule has 2 rings (SSSR count). The van der Waals surface area contributed by atoms with Gasteiger partial charge in [-0.3, -0.25) is 0 Å². The zero-order valence-corrected chi connectivity index (χ0v) is 9.62. The van der Waals surface area contributed by atoms with Crippen molar-refractivity contribution in [2.45, 2.75) is 26.3 Å². The number of anilines is 1. The fraction of sp³-hybridized carbons (Fsp3) is 0.636. The van der Waals surface area contributed by atoms with Crippen LogP contribution < -0.4 is 5.32 Å². The van der Waals surface area contributed by atoms with Gasteiger partial charge in [0, 0.05) is 24.0 Å². The molecule has 1 atom stereocenters. The Morgan fingerprint density at radius 1 is 1.33 bits per heavy atom. The Labute approximate surface area is 90.7 Å². The lowest BCUT2D eigenvalue weighted by molar-refractivity contribution is 0.414. The zero-order chi connectivity index (χ0) is 10.8. The molecule has 1 N–H and O–H groups in total. The van der Waals surface area contributed by atoms with Gasteiger partial charge in [-0.05, 0) is 39.9 Å². The molecule has 0 radical (unpaired) electrons. The third-order valence-corrected chi connectivity index (χ3v) is 2.71. The number of rotatable bonds is 2. The van der Waals surface area contributed by atoms with Crippen LogP contribution >= 0.6 is 0 Å². The lowest BCUT2D eigenvalue weighted by Gasteiger charge is -2.13. The summed E-state index contributed by atoms with van der Waals surface area (Å²) in [6.45, 7) is 6.24. The lowest BCUT2D eigenvalue weighted by atomic mass is 10.3. The van der Waals surface area contributed by atoms with Gasteiger partial charge in [-0.15, -0.1) is 0 Å². The third-order valence-electron chi connectivity index (χ3n) is 2.71. The Morgan fingerprint density at radius 3 is 2.53 bits per heavy atom. The molecule has 0 spiro atoms. The highest BCUT2D eigenvalue weighted by atomic mass is 15.2. The molecule has 1 aromatic heterocycles.